The van der Waals surface area contributed by atoms with Gasteiger partial charge in [0.15, 0.2) is 0 Å². The lowest BCUT2D eigenvalue weighted by molar-refractivity contribution is -0.120. The average molecular weight is 232 g/mol. The van der Waals surface area contributed by atoms with Gasteiger partial charge in [0.2, 0.25) is 5.91 Å². The summed E-state index contributed by atoms with van der Waals surface area (Å²) in [5, 5.41) is 3.41. The number of nitrogens with one attached hydrogen (secondary N) is 1. The van der Waals surface area contributed by atoms with Crippen LogP contribution in [0.2, 0.25) is 0 Å². The summed E-state index contributed by atoms with van der Waals surface area (Å²) in [6.07, 6.45) is 3.39. The van der Waals surface area contributed by atoms with Gasteiger partial charge in [0.1, 0.15) is 0 Å². The molecule has 1 aliphatic heterocycles. The lowest BCUT2D eigenvalue weighted by Crippen LogP contribution is -2.43. The van der Waals surface area contributed by atoms with Crippen LogP contribution in [0.3, 0.4) is 0 Å². The Labute approximate surface area is 102 Å². The van der Waals surface area contributed by atoms with Gasteiger partial charge >= 0.3 is 0 Å². The molecule has 1 aromatic carbocycles. The molecule has 0 spiro atoms. The number of carbonyl (C=O) groups is 1. The van der Waals surface area contributed by atoms with Crippen LogP contribution in [0.5, 0.6) is 0 Å². The zero-order valence-electron chi connectivity index (χ0n) is 10.3. The summed E-state index contributed by atoms with van der Waals surface area (Å²) in [6.45, 7) is 3.03. The maximum absolute atomic E-state index is 11.7. The van der Waals surface area contributed by atoms with E-state index in [0.29, 0.717) is 0 Å². The number of hydrogen-bond acceptors (Lipinski definition) is 2. The fraction of sp³-hybridized carbons (Fsp3) is 0.500. The van der Waals surface area contributed by atoms with Crippen molar-refractivity contribution in [1.29, 1.82) is 0 Å². The Morgan fingerprint density at radius 2 is 2.06 bits per heavy atom. The Morgan fingerprint density at radius 3 is 2.59 bits per heavy atom. The lowest BCUT2D eigenvalue weighted by atomic mass is 9.86. The average Bonchev–Trinajstić information content (AvgIpc) is 2.33. The van der Waals surface area contributed by atoms with E-state index in [-0.39, 0.29) is 17.9 Å². The third-order valence-corrected chi connectivity index (χ3v) is 3.49. The predicted octanol–water partition coefficient (Wildman–Crippen LogP) is 1.71. The van der Waals surface area contributed by atoms with E-state index in [9.17, 15) is 4.79 Å². The molecule has 0 aliphatic carbocycles. The van der Waals surface area contributed by atoms with Crippen molar-refractivity contribution >= 4 is 5.91 Å². The Hall–Kier alpha value is -1.35. The summed E-state index contributed by atoms with van der Waals surface area (Å²) in [5.74, 6) is -0.427. The molecule has 0 radical (unpaired) electrons. The van der Waals surface area contributed by atoms with Gasteiger partial charge in [0.25, 0.3) is 0 Å². The largest absolute Gasteiger partial charge is 0.369 e. The molecule has 0 saturated carbocycles. The molecule has 1 fully saturated rings. The van der Waals surface area contributed by atoms with Crippen LogP contribution in [-0.2, 0) is 4.79 Å². The van der Waals surface area contributed by atoms with Crippen molar-refractivity contribution in [1.82, 2.24) is 5.32 Å². The van der Waals surface area contributed by atoms with Crippen molar-refractivity contribution in [3.63, 3.8) is 0 Å². The van der Waals surface area contributed by atoms with E-state index in [4.69, 9.17) is 5.73 Å². The molecule has 1 aliphatic rings. The standard InChI is InChI=1S/C14H20N2O/c1-10-5-7-11(8-6-10)13(14(15)17)12-4-2-3-9-16-12/h5-8,12-13,16H,2-4,9H2,1H3,(H2,15,17)/t12?,13-/m0/s1. The second-order valence-electron chi connectivity index (χ2n) is 4.85. The fourth-order valence-corrected chi connectivity index (χ4v) is 2.53. The molecular weight excluding hydrogens is 212 g/mol. The van der Waals surface area contributed by atoms with Crippen LogP contribution in [0.25, 0.3) is 0 Å². The number of benzene rings is 1. The fourth-order valence-electron chi connectivity index (χ4n) is 2.53. The zero-order chi connectivity index (χ0) is 12.3. The maximum Gasteiger partial charge on any atom is 0.226 e. The summed E-state index contributed by atoms with van der Waals surface area (Å²) in [5.41, 5.74) is 7.79. The summed E-state index contributed by atoms with van der Waals surface area (Å²) < 4.78 is 0. The highest BCUT2D eigenvalue weighted by molar-refractivity contribution is 5.82. The van der Waals surface area contributed by atoms with Gasteiger partial charge in [-0.3, -0.25) is 4.79 Å². The lowest BCUT2D eigenvalue weighted by Gasteiger charge is -2.29. The Kier molecular flexibility index (Phi) is 3.79. The van der Waals surface area contributed by atoms with Crippen molar-refractivity contribution in [2.24, 2.45) is 5.73 Å². The van der Waals surface area contributed by atoms with Gasteiger partial charge in [-0.1, -0.05) is 36.2 Å². The number of carbonyl (C=O) groups excluding carboxylic acids is 1. The number of nitrogens with two attached hydrogens (primary N) is 1. The van der Waals surface area contributed by atoms with E-state index in [1.165, 1.54) is 18.4 Å². The van der Waals surface area contributed by atoms with Crippen LogP contribution in [0, 0.1) is 6.92 Å². The molecule has 17 heavy (non-hydrogen) atoms. The van der Waals surface area contributed by atoms with Gasteiger partial charge in [-0.05, 0) is 31.9 Å². The van der Waals surface area contributed by atoms with Crippen LogP contribution >= 0.6 is 0 Å². The first-order chi connectivity index (χ1) is 8.18. The van der Waals surface area contributed by atoms with Crippen LogP contribution in [-0.4, -0.2) is 18.5 Å². The molecule has 1 saturated heterocycles. The van der Waals surface area contributed by atoms with E-state index in [1.54, 1.807) is 0 Å². The number of aryl methyl sites for hydroxylation is 1. The smallest absolute Gasteiger partial charge is 0.226 e. The molecule has 2 rings (SSSR count). The number of piperidine rings is 1. The van der Waals surface area contributed by atoms with Crippen LogP contribution in [0.4, 0.5) is 0 Å². The number of primary amides is 1. The normalized spacial score (nSPS) is 22.1. The first-order valence-corrected chi connectivity index (χ1v) is 6.28. The molecule has 3 nitrogen and oxygen atoms in total. The summed E-state index contributed by atoms with van der Waals surface area (Å²) >= 11 is 0. The Balaban J connectivity index is 2.21. The predicted molar refractivity (Wildman–Crippen MR) is 68.8 cm³/mol. The number of amides is 1. The van der Waals surface area contributed by atoms with Crippen molar-refractivity contribution in [3.05, 3.63) is 35.4 Å². The monoisotopic (exact) mass is 232 g/mol. The van der Waals surface area contributed by atoms with Crippen molar-refractivity contribution in [2.75, 3.05) is 6.54 Å². The highest BCUT2D eigenvalue weighted by atomic mass is 16.1. The minimum Gasteiger partial charge on any atom is -0.369 e. The number of hydrogen-bond donors (Lipinski definition) is 2. The SMILES string of the molecule is Cc1ccc([C@H](C(N)=O)C2CCCCN2)cc1. The van der Waals surface area contributed by atoms with Gasteiger partial charge in [0, 0.05) is 6.04 Å². The van der Waals surface area contributed by atoms with E-state index < -0.39 is 0 Å². The minimum atomic E-state index is -0.228. The first kappa shape index (κ1) is 12.1. The summed E-state index contributed by atoms with van der Waals surface area (Å²) in [7, 11) is 0. The van der Waals surface area contributed by atoms with Gasteiger partial charge in [-0.15, -0.1) is 0 Å². The summed E-state index contributed by atoms with van der Waals surface area (Å²) in [4.78, 5) is 11.7. The van der Waals surface area contributed by atoms with Crippen LogP contribution < -0.4 is 11.1 Å². The van der Waals surface area contributed by atoms with Crippen molar-refractivity contribution in [3.8, 4) is 0 Å². The highest BCUT2D eigenvalue weighted by Gasteiger charge is 2.28. The first-order valence-electron chi connectivity index (χ1n) is 6.28. The molecule has 1 unspecified atom stereocenters. The molecule has 0 bridgehead atoms. The van der Waals surface area contributed by atoms with Crippen LogP contribution in [0.15, 0.2) is 24.3 Å². The van der Waals surface area contributed by atoms with E-state index in [2.05, 4.69) is 5.32 Å². The number of rotatable bonds is 3. The second-order valence-corrected chi connectivity index (χ2v) is 4.85. The molecule has 2 atom stereocenters. The third kappa shape index (κ3) is 2.86. The van der Waals surface area contributed by atoms with E-state index in [1.807, 2.05) is 31.2 Å². The van der Waals surface area contributed by atoms with E-state index >= 15 is 0 Å². The van der Waals surface area contributed by atoms with Gasteiger partial charge in [-0.2, -0.15) is 0 Å². The topological polar surface area (TPSA) is 55.1 Å². The Morgan fingerprint density at radius 1 is 1.35 bits per heavy atom. The molecule has 3 N–H and O–H groups in total. The quantitative estimate of drug-likeness (QED) is 0.833. The molecule has 0 aromatic heterocycles. The third-order valence-electron chi connectivity index (χ3n) is 3.49. The van der Waals surface area contributed by atoms with Crippen molar-refractivity contribution in [2.45, 2.75) is 38.1 Å². The van der Waals surface area contributed by atoms with Gasteiger partial charge < -0.3 is 11.1 Å². The molecule has 1 aromatic rings. The minimum absolute atomic E-state index is 0.198. The highest BCUT2D eigenvalue weighted by Crippen LogP contribution is 2.25. The Bertz CT molecular complexity index is 380. The van der Waals surface area contributed by atoms with Crippen molar-refractivity contribution < 1.29 is 4.79 Å². The van der Waals surface area contributed by atoms with Gasteiger partial charge in [0.05, 0.1) is 5.92 Å². The molecule has 92 valence electrons. The maximum atomic E-state index is 11.7. The van der Waals surface area contributed by atoms with Crippen LogP contribution in [0.1, 0.15) is 36.3 Å². The zero-order valence-corrected chi connectivity index (χ0v) is 10.3. The molecular formula is C14H20N2O. The van der Waals surface area contributed by atoms with Gasteiger partial charge in [-0.25, -0.2) is 0 Å². The summed E-state index contributed by atoms with van der Waals surface area (Å²) in [6, 6.07) is 8.30. The molecule has 1 amide bonds. The molecule has 3 heteroatoms. The second kappa shape index (κ2) is 5.32. The van der Waals surface area contributed by atoms with E-state index in [0.717, 1.165) is 18.5 Å². The molecule has 1 heterocycles.